The van der Waals surface area contributed by atoms with Gasteiger partial charge in [0.15, 0.2) is 0 Å². The molecule has 0 saturated carbocycles. The third-order valence-corrected chi connectivity index (χ3v) is 7.39. The van der Waals surface area contributed by atoms with E-state index in [1.807, 2.05) is 31.2 Å². The summed E-state index contributed by atoms with van der Waals surface area (Å²) in [6.45, 7) is 3.69. The summed E-state index contributed by atoms with van der Waals surface area (Å²) in [6.07, 6.45) is 0. The van der Waals surface area contributed by atoms with Crippen LogP contribution < -0.4 is 4.74 Å². The second-order valence-electron chi connectivity index (χ2n) is 7.81. The van der Waals surface area contributed by atoms with E-state index in [1.54, 1.807) is 53.4 Å². The van der Waals surface area contributed by atoms with E-state index in [2.05, 4.69) is 6.07 Å². The summed E-state index contributed by atoms with van der Waals surface area (Å²) in [6, 6.07) is 23.6. The first kappa shape index (κ1) is 22.0. The second-order valence-corrected chi connectivity index (χ2v) is 9.75. The number of hydrogen-bond acceptors (Lipinski definition) is 4. The van der Waals surface area contributed by atoms with E-state index in [-0.39, 0.29) is 23.9 Å². The number of nitrogens with zero attached hydrogens (tertiary/aromatic N) is 2. The molecule has 0 atom stereocenters. The number of piperazine rings is 1. The molecule has 166 valence electrons. The highest BCUT2D eigenvalue weighted by Gasteiger charge is 2.30. The summed E-state index contributed by atoms with van der Waals surface area (Å²) in [4.78, 5) is 15.0. The van der Waals surface area contributed by atoms with Gasteiger partial charge in [-0.15, -0.1) is 0 Å². The zero-order valence-electron chi connectivity index (χ0n) is 18.0. The topological polar surface area (TPSA) is 66.9 Å². The van der Waals surface area contributed by atoms with E-state index < -0.39 is 10.0 Å². The average Bonchev–Trinajstić information content (AvgIpc) is 2.83. The largest absolute Gasteiger partial charge is 0.489 e. The normalized spacial score (nSPS) is 14.8. The van der Waals surface area contributed by atoms with Crippen LogP contribution in [0.15, 0.2) is 83.8 Å². The SMILES string of the molecule is Cc1cccc(COc2cccc(C(=O)N3CCN(S(=O)(=O)c4ccccc4)CC3)c2)c1. The molecule has 1 saturated heterocycles. The second kappa shape index (κ2) is 9.54. The van der Waals surface area contributed by atoms with Crippen molar-refractivity contribution in [2.24, 2.45) is 0 Å². The van der Waals surface area contributed by atoms with E-state index in [0.29, 0.717) is 31.0 Å². The molecule has 1 heterocycles. The lowest BCUT2D eigenvalue weighted by molar-refractivity contribution is 0.0697. The van der Waals surface area contributed by atoms with Crippen LogP contribution in [0, 0.1) is 6.92 Å². The highest BCUT2D eigenvalue weighted by molar-refractivity contribution is 7.89. The molecule has 0 aliphatic carbocycles. The number of rotatable bonds is 6. The molecule has 7 heteroatoms. The van der Waals surface area contributed by atoms with E-state index in [0.717, 1.165) is 5.56 Å². The van der Waals surface area contributed by atoms with Crippen molar-refractivity contribution in [2.75, 3.05) is 26.2 Å². The molecule has 0 bridgehead atoms. The number of carbonyl (C=O) groups excluding carboxylic acids is 1. The molecule has 1 aliphatic rings. The summed E-state index contributed by atoms with van der Waals surface area (Å²) in [5, 5.41) is 0. The first-order chi connectivity index (χ1) is 15.4. The van der Waals surface area contributed by atoms with Gasteiger partial charge in [0.05, 0.1) is 4.90 Å². The molecule has 0 radical (unpaired) electrons. The number of hydrogen-bond donors (Lipinski definition) is 0. The number of benzene rings is 3. The third-order valence-electron chi connectivity index (χ3n) is 5.48. The minimum Gasteiger partial charge on any atom is -0.489 e. The minimum atomic E-state index is -3.54. The van der Waals surface area contributed by atoms with E-state index in [4.69, 9.17) is 4.74 Å². The predicted molar refractivity (Wildman–Crippen MR) is 123 cm³/mol. The molecule has 6 nitrogen and oxygen atoms in total. The van der Waals surface area contributed by atoms with Crippen LogP contribution in [0.3, 0.4) is 0 Å². The lowest BCUT2D eigenvalue weighted by atomic mass is 10.1. The lowest BCUT2D eigenvalue weighted by Gasteiger charge is -2.34. The van der Waals surface area contributed by atoms with Crippen LogP contribution in [0.4, 0.5) is 0 Å². The fraction of sp³-hybridized carbons (Fsp3) is 0.240. The van der Waals surface area contributed by atoms with Crippen molar-refractivity contribution in [3.63, 3.8) is 0 Å². The molecular weight excluding hydrogens is 424 g/mol. The van der Waals surface area contributed by atoms with E-state index in [9.17, 15) is 13.2 Å². The van der Waals surface area contributed by atoms with Crippen molar-refractivity contribution >= 4 is 15.9 Å². The van der Waals surface area contributed by atoms with Crippen LogP contribution in [0.1, 0.15) is 21.5 Å². The highest BCUT2D eigenvalue weighted by atomic mass is 32.2. The van der Waals surface area contributed by atoms with Crippen LogP contribution in [0.2, 0.25) is 0 Å². The van der Waals surface area contributed by atoms with Crippen LogP contribution in [0.5, 0.6) is 5.75 Å². The Hall–Kier alpha value is -3.16. The van der Waals surface area contributed by atoms with Gasteiger partial charge in [0.1, 0.15) is 12.4 Å². The fourth-order valence-electron chi connectivity index (χ4n) is 3.74. The molecule has 1 amide bonds. The lowest BCUT2D eigenvalue weighted by Crippen LogP contribution is -2.50. The first-order valence-corrected chi connectivity index (χ1v) is 12.0. The maximum atomic E-state index is 13.0. The fourth-order valence-corrected chi connectivity index (χ4v) is 5.19. The van der Waals surface area contributed by atoms with Crippen molar-refractivity contribution in [3.05, 3.63) is 95.6 Å². The summed E-state index contributed by atoms with van der Waals surface area (Å²) in [5.41, 5.74) is 2.77. The van der Waals surface area contributed by atoms with Crippen molar-refractivity contribution in [1.29, 1.82) is 0 Å². The van der Waals surface area contributed by atoms with Crippen molar-refractivity contribution < 1.29 is 17.9 Å². The predicted octanol–water partition coefficient (Wildman–Crippen LogP) is 3.72. The van der Waals surface area contributed by atoms with Gasteiger partial charge in [-0.2, -0.15) is 4.31 Å². The molecule has 1 aliphatic heterocycles. The third kappa shape index (κ3) is 5.00. The number of sulfonamides is 1. The molecular formula is C25H26N2O4S. The first-order valence-electron chi connectivity index (χ1n) is 10.6. The van der Waals surface area contributed by atoms with Crippen LogP contribution in [-0.4, -0.2) is 49.7 Å². The standard InChI is InChI=1S/C25H26N2O4S/c1-20-7-5-8-21(17-20)19-31-23-10-6-9-22(18-23)25(28)26-13-15-27(16-14-26)32(29,30)24-11-3-2-4-12-24/h2-12,17-18H,13-16,19H2,1H3. The molecule has 0 spiro atoms. The Kier molecular flexibility index (Phi) is 6.58. The molecule has 0 aromatic heterocycles. The summed E-state index contributed by atoms with van der Waals surface area (Å²) in [5.74, 6) is 0.505. The Morgan fingerprint density at radius 1 is 0.875 bits per heavy atom. The monoisotopic (exact) mass is 450 g/mol. The molecule has 4 rings (SSSR count). The maximum absolute atomic E-state index is 13.0. The highest BCUT2D eigenvalue weighted by Crippen LogP contribution is 2.20. The number of carbonyl (C=O) groups is 1. The zero-order chi connectivity index (χ0) is 22.6. The summed E-state index contributed by atoms with van der Waals surface area (Å²) < 4.78 is 32.9. The minimum absolute atomic E-state index is 0.122. The van der Waals surface area contributed by atoms with Crippen LogP contribution >= 0.6 is 0 Å². The van der Waals surface area contributed by atoms with Gasteiger partial charge in [0.2, 0.25) is 10.0 Å². The quantitative estimate of drug-likeness (QED) is 0.574. The molecule has 3 aromatic carbocycles. The van der Waals surface area contributed by atoms with Gasteiger partial charge in [-0.25, -0.2) is 8.42 Å². The Bertz CT molecular complexity index is 1190. The van der Waals surface area contributed by atoms with Gasteiger partial charge < -0.3 is 9.64 Å². The Morgan fingerprint density at radius 3 is 2.31 bits per heavy atom. The zero-order valence-corrected chi connectivity index (χ0v) is 18.8. The van der Waals surface area contributed by atoms with Crippen molar-refractivity contribution in [2.45, 2.75) is 18.4 Å². The smallest absolute Gasteiger partial charge is 0.254 e. The molecule has 32 heavy (non-hydrogen) atoms. The van der Waals surface area contributed by atoms with Gasteiger partial charge in [-0.1, -0.05) is 54.1 Å². The molecule has 1 fully saturated rings. The van der Waals surface area contributed by atoms with Gasteiger partial charge in [-0.3, -0.25) is 4.79 Å². The molecule has 3 aromatic rings. The Morgan fingerprint density at radius 2 is 1.59 bits per heavy atom. The van der Waals surface area contributed by atoms with Crippen molar-refractivity contribution in [3.8, 4) is 5.75 Å². The molecule has 0 unspecified atom stereocenters. The average molecular weight is 451 g/mol. The van der Waals surface area contributed by atoms with Gasteiger partial charge in [0.25, 0.3) is 5.91 Å². The van der Waals surface area contributed by atoms with Gasteiger partial charge >= 0.3 is 0 Å². The maximum Gasteiger partial charge on any atom is 0.254 e. The van der Waals surface area contributed by atoms with E-state index in [1.165, 1.54) is 9.87 Å². The Labute approximate surface area is 189 Å². The van der Waals surface area contributed by atoms with Gasteiger partial charge in [0, 0.05) is 31.7 Å². The number of ether oxygens (including phenoxy) is 1. The Balaban J connectivity index is 1.37. The van der Waals surface area contributed by atoms with Crippen LogP contribution in [-0.2, 0) is 16.6 Å². The van der Waals surface area contributed by atoms with Crippen molar-refractivity contribution in [1.82, 2.24) is 9.21 Å². The number of aryl methyl sites for hydroxylation is 1. The van der Waals surface area contributed by atoms with Gasteiger partial charge in [-0.05, 0) is 42.8 Å². The van der Waals surface area contributed by atoms with E-state index >= 15 is 0 Å². The summed E-state index contributed by atoms with van der Waals surface area (Å²) in [7, 11) is -3.54. The summed E-state index contributed by atoms with van der Waals surface area (Å²) >= 11 is 0. The van der Waals surface area contributed by atoms with Crippen LogP contribution in [0.25, 0.3) is 0 Å². The number of amides is 1. The molecule has 0 N–H and O–H groups in total.